The van der Waals surface area contributed by atoms with Gasteiger partial charge in [-0.05, 0) is 12.1 Å². The van der Waals surface area contributed by atoms with Gasteiger partial charge in [-0.2, -0.15) is 0 Å². The van der Waals surface area contributed by atoms with Crippen LogP contribution in [0.5, 0.6) is 0 Å². The third-order valence-electron chi connectivity index (χ3n) is 2.26. The number of esters is 1. The monoisotopic (exact) mass is 234 g/mol. The summed E-state index contributed by atoms with van der Waals surface area (Å²) in [6.07, 6.45) is 4.96. The fourth-order valence-electron chi connectivity index (χ4n) is 1.39. The SMILES string of the molecule is C#CCC(C(=O)OC)C(=O)c1ccccc1F. The lowest BCUT2D eigenvalue weighted by Crippen LogP contribution is -2.25. The topological polar surface area (TPSA) is 43.4 Å². The minimum absolute atomic E-state index is 0.111. The number of carbonyl (C=O) groups is 2. The minimum atomic E-state index is -1.15. The number of methoxy groups -OCH3 is 1. The second kappa shape index (κ2) is 5.80. The molecular weight excluding hydrogens is 223 g/mol. The van der Waals surface area contributed by atoms with E-state index >= 15 is 0 Å². The number of rotatable bonds is 4. The molecule has 88 valence electrons. The van der Waals surface area contributed by atoms with Crippen molar-refractivity contribution in [2.24, 2.45) is 5.92 Å². The van der Waals surface area contributed by atoms with Crippen molar-refractivity contribution in [3.63, 3.8) is 0 Å². The number of terminal acetylenes is 1. The van der Waals surface area contributed by atoms with Gasteiger partial charge in [0.25, 0.3) is 0 Å². The molecule has 0 aliphatic carbocycles. The fraction of sp³-hybridized carbons (Fsp3) is 0.231. The Bertz CT molecular complexity index is 474. The van der Waals surface area contributed by atoms with E-state index in [-0.39, 0.29) is 12.0 Å². The molecule has 1 rings (SSSR count). The van der Waals surface area contributed by atoms with Crippen LogP contribution in [0.2, 0.25) is 0 Å². The smallest absolute Gasteiger partial charge is 0.317 e. The maximum absolute atomic E-state index is 13.4. The molecular formula is C13H11FO3. The van der Waals surface area contributed by atoms with Gasteiger partial charge in [-0.25, -0.2) is 4.39 Å². The zero-order chi connectivity index (χ0) is 12.8. The average Bonchev–Trinajstić information content (AvgIpc) is 2.35. The molecule has 0 aliphatic heterocycles. The number of carbonyl (C=O) groups excluding carboxylic acids is 2. The van der Waals surface area contributed by atoms with E-state index in [2.05, 4.69) is 10.7 Å². The van der Waals surface area contributed by atoms with Gasteiger partial charge >= 0.3 is 5.97 Å². The Kier molecular flexibility index (Phi) is 4.41. The van der Waals surface area contributed by atoms with E-state index in [1.54, 1.807) is 0 Å². The lowest BCUT2D eigenvalue weighted by molar-refractivity contribution is -0.143. The molecule has 17 heavy (non-hydrogen) atoms. The van der Waals surface area contributed by atoms with Gasteiger partial charge in [0.15, 0.2) is 5.78 Å². The van der Waals surface area contributed by atoms with Gasteiger partial charge in [0.1, 0.15) is 11.7 Å². The second-order valence-corrected chi connectivity index (χ2v) is 3.33. The fourth-order valence-corrected chi connectivity index (χ4v) is 1.39. The summed E-state index contributed by atoms with van der Waals surface area (Å²) in [7, 11) is 1.15. The van der Waals surface area contributed by atoms with Gasteiger partial charge < -0.3 is 4.74 Å². The van der Waals surface area contributed by atoms with Crippen LogP contribution < -0.4 is 0 Å². The molecule has 0 aliphatic rings. The van der Waals surface area contributed by atoms with Crippen molar-refractivity contribution in [1.82, 2.24) is 0 Å². The molecule has 0 heterocycles. The summed E-state index contributed by atoms with van der Waals surface area (Å²) in [6.45, 7) is 0. The summed E-state index contributed by atoms with van der Waals surface area (Å²) in [6, 6.07) is 5.43. The van der Waals surface area contributed by atoms with Gasteiger partial charge in [0.2, 0.25) is 0 Å². The number of ketones is 1. The zero-order valence-electron chi connectivity index (χ0n) is 9.27. The van der Waals surface area contributed by atoms with Crippen molar-refractivity contribution in [3.05, 3.63) is 35.6 Å². The maximum Gasteiger partial charge on any atom is 0.317 e. The molecule has 0 spiro atoms. The number of hydrogen-bond acceptors (Lipinski definition) is 3. The van der Waals surface area contributed by atoms with Crippen LogP contribution in [0.15, 0.2) is 24.3 Å². The molecule has 0 saturated carbocycles. The summed E-state index contributed by atoms with van der Waals surface area (Å²) >= 11 is 0. The van der Waals surface area contributed by atoms with Crippen LogP contribution in [-0.2, 0) is 9.53 Å². The van der Waals surface area contributed by atoms with E-state index in [9.17, 15) is 14.0 Å². The number of halogens is 1. The average molecular weight is 234 g/mol. The second-order valence-electron chi connectivity index (χ2n) is 3.33. The molecule has 1 atom stereocenters. The van der Waals surface area contributed by atoms with Crippen LogP contribution in [0.3, 0.4) is 0 Å². The highest BCUT2D eigenvalue weighted by molar-refractivity contribution is 6.08. The highest BCUT2D eigenvalue weighted by atomic mass is 19.1. The Labute approximate surface area is 98.6 Å². The summed E-state index contributed by atoms with van der Waals surface area (Å²) in [5.41, 5.74) is -0.154. The summed E-state index contributed by atoms with van der Waals surface area (Å²) in [4.78, 5) is 23.3. The van der Waals surface area contributed by atoms with E-state index in [0.717, 1.165) is 13.2 Å². The van der Waals surface area contributed by atoms with Crippen molar-refractivity contribution < 1.29 is 18.7 Å². The van der Waals surface area contributed by atoms with Crippen molar-refractivity contribution in [3.8, 4) is 12.3 Å². The Hall–Kier alpha value is -2.15. The standard InChI is InChI=1S/C13H11FO3/c1-3-6-10(13(16)17-2)12(15)9-7-4-5-8-11(9)14/h1,4-5,7-8,10H,6H2,2H3. The zero-order valence-corrected chi connectivity index (χ0v) is 9.27. The Morgan fingerprint density at radius 1 is 1.47 bits per heavy atom. The van der Waals surface area contributed by atoms with Crippen molar-refractivity contribution in [2.75, 3.05) is 7.11 Å². The van der Waals surface area contributed by atoms with E-state index < -0.39 is 23.5 Å². The first-order chi connectivity index (χ1) is 8.11. The Morgan fingerprint density at radius 2 is 2.12 bits per heavy atom. The molecule has 4 heteroatoms. The molecule has 1 aromatic carbocycles. The number of Topliss-reactive ketones (excluding diaryl/α,β-unsaturated/α-hetero) is 1. The normalized spacial score (nSPS) is 11.4. The van der Waals surface area contributed by atoms with Crippen molar-refractivity contribution in [1.29, 1.82) is 0 Å². The van der Waals surface area contributed by atoms with E-state index in [1.165, 1.54) is 18.2 Å². The molecule has 0 radical (unpaired) electrons. The quantitative estimate of drug-likeness (QED) is 0.345. The minimum Gasteiger partial charge on any atom is -0.468 e. The lowest BCUT2D eigenvalue weighted by atomic mass is 9.94. The molecule has 0 amide bonds. The molecule has 3 nitrogen and oxygen atoms in total. The van der Waals surface area contributed by atoms with Crippen LogP contribution in [0.25, 0.3) is 0 Å². The van der Waals surface area contributed by atoms with Gasteiger partial charge in [-0.15, -0.1) is 12.3 Å². The number of benzene rings is 1. The number of hydrogen-bond donors (Lipinski definition) is 0. The largest absolute Gasteiger partial charge is 0.468 e. The molecule has 1 unspecified atom stereocenters. The lowest BCUT2D eigenvalue weighted by Gasteiger charge is -2.11. The molecule has 1 aromatic rings. The van der Waals surface area contributed by atoms with Crippen LogP contribution in [0, 0.1) is 24.1 Å². The first-order valence-electron chi connectivity index (χ1n) is 4.91. The van der Waals surface area contributed by atoms with Gasteiger partial charge in [-0.1, -0.05) is 12.1 Å². The first kappa shape index (κ1) is 12.9. The van der Waals surface area contributed by atoms with Crippen LogP contribution in [-0.4, -0.2) is 18.9 Å². The van der Waals surface area contributed by atoms with Crippen LogP contribution >= 0.6 is 0 Å². The van der Waals surface area contributed by atoms with Crippen molar-refractivity contribution >= 4 is 11.8 Å². The third-order valence-corrected chi connectivity index (χ3v) is 2.26. The third kappa shape index (κ3) is 2.91. The van der Waals surface area contributed by atoms with Gasteiger partial charge in [-0.3, -0.25) is 9.59 Å². The van der Waals surface area contributed by atoms with Crippen molar-refractivity contribution in [2.45, 2.75) is 6.42 Å². The molecule has 0 fully saturated rings. The van der Waals surface area contributed by atoms with Crippen LogP contribution in [0.4, 0.5) is 4.39 Å². The summed E-state index contributed by atoms with van der Waals surface area (Å²) < 4.78 is 17.9. The Morgan fingerprint density at radius 3 is 2.65 bits per heavy atom. The van der Waals surface area contributed by atoms with Gasteiger partial charge in [0, 0.05) is 6.42 Å². The predicted molar refractivity (Wildman–Crippen MR) is 59.7 cm³/mol. The molecule has 0 saturated heterocycles. The summed E-state index contributed by atoms with van der Waals surface area (Å²) in [5, 5.41) is 0. The summed E-state index contributed by atoms with van der Waals surface area (Å²) in [5.74, 6) is -1.03. The van der Waals surface area contributed by atoms with E-state index in [0.29, 0.717) is 0 Å². The number of ether oxygens (including phenoxy) is 1. The van der Waals surface area contributed by atoms with Gasteiger partial charge in [0.05, 0.1) is 12.7 Å². The van der Waals surface area contributed by atoms with E-state index in [1.807, 2.05) is 0 Å². The molecule has 0 aromatic heterocycles. The van der Waals surface area contributed by atoms with E-state index in [4.69, 9.17) is 6.42 Å². The van der Waals surface area contributed by atoms with Crippen LogP contribution in [0.1, 0.15) is 16.8 Å². The highest BCUT2D eigenvalue weighted by Gasteiger charge is 2.29. The molecule has 0 N–H and O–H groups in total. The maximum atomic E-state index is 13.4. The Balaban J connectivity index is 3.05. The predicted octanol–water partition coefficient (Wildman–Crippen LogP) is 1.82. The highest BCUT2D eigenvalue weighted by Crippen LogP contribution is 2.16. The molecule has 0 bridgehead atoms. The first-order valence-corrected chi connectivity index (χ1v) is 4.91.